The zero-order chi connectivity index (χ0) is 51.8. The minimum Gasteiger partial charge on any atom is -0.509 e. The van der Waals surface area contributed by atoms with Gasteiger partial charge in [0.05, 0.1) is 0 Å². The van der Waals surface area contributed by atoms with Gasteiger partial charge in [0.2, 0.25) is 0 Å². The number of hydrogen-bond acceptors (Lipinski definition) is 4. The molecule has 10 aromatic carbocycles. The van der Waals surface area contributed by atoms with Gasteiger partial charge in [-0.2, -0.15) is 6.07 Å². The van der Waals surface area contributed by atoms with Crippen LogP contribution in [0.1, 0.15) is 49.9 Å². The van der Waals surface area contributed by atoms with Gasteiger partial charge in [-0.05, 0) is 110 Å². The van der Waals surface area contributed by atoms with Gasteiger partial charge in [0.1, 0.15) is 5.82 Å². The Morgan fingerprint density at radius 1 is 0.487 bits per heavy atom. The van der Waals surface area contributed by atoms with Gasteiger partial charge in [-0.25, -0.2) is 4.98 Å². The summed E-state index contributed by atoms with van der Waals surface area (Å²) in [7, 11) is 0. The Kier molecular flexibility index (Phi) is 12.1. The van der Waals surface area contributed by atoms with Gasteiger partial charge in [0, 0.05) is 77.9 Å². The average molecular weight is 1190 g/mol. The van der Waals surface area contributed by atoms with E-state index in [1.54, 1.807) is 0 Å². The summed E-state index contributed by atoms with van der Waals surface area (Å²) < 4.78 is 9.40. The standard InChI is InChI=1S/C72H53N4O.Pt/c1-71(2,3)52-38-39-73-69(44-52)76-65-33-19-16-30-59(65)60-37-36-55(46-68(60)76)77-56-43-53(72(4)63-31-17-14-28-57(63)58-29-15-18-32-64(58)72)42-54(45-56)74-47-75(67-35-21-20-34-66(67)74)70-61(49-24-10-6-11-25-49)40-51(48-22-8-5-9-23-48)41-62(70)50-26-12-7-13-27-50;/h5-44,47H,1-4H3;/q-3;. The summed E-state index contributed by atoms with van der Waals surface area (Å²) in [5, 5.41) is 2.20. The first-order chi connectivity index (χ1) is 37.7. The van der Waals surface area contributed by atoms with Crippen LogP contribution in [0.25, 0.3) is 72.1 Å². The second-order valence-corrected chi connectivity index (χ2v) is 21.4. The van der Waals surface area contributed by atoms with E-state index in [2.05, 4.69) is 291 Å². The van der Waals surface area contributed by atoms with Crippen LogP contribution in [0.4, 0.5) is 22.7 Å². The minimum atomic E-state index is -0.536. The smallest absolute Gasteiger partial charge is 0.135 e. The van der Waals surface area contributed by atoms with E-state index in [0.717, 1.165) is 89.3 Å². The summed E-state index contributed by atoms with van der Waals surface area (Å²) in [5.41, 5.74) is 19.4. The molecule has 5 nitrogen and oxygen atoms in total. The molecule has 1 aliphatic heterocycles. The van der Waals surface area contributed by atoms with Crippen molar-refractivity contribution in [1.29, 1.82) is 0 Å². The first-order valence-corrected chi connectivity index (χ1v) is 26.4. The number of pyridine rings is 1. The van der Waals surface area contributed by atoms with Crippen molar-refractivity contribution in [3.63, 3.8) is 0 Å². The summed E-state index contributed by atoms with van der Waals surface area (Å²) in [4.78, 5) is 9.62. The molecule has 2 aliphatic rings. The summed E-state index contributed by atoms with van der Waals surface area (Å²) in [6.45, 7) is 11.3. The molecule has 380 valence electrons. The second kappa shape index (κ2) is 19.4. The number of aromatic nitrogens is 2. The number of benzene rings is 10. The maximum atomic E-state index is 7.18. The number of nitrogens with zero attached hydrogens (tertiary/aromatic N) is 4. The third-order valence-corrected chi connectivity index (χ3v) is 15.8. The normalized spacial score (nSPS) is 13.3. The number of para-hydroxylation sites is 3. The summed E-state index contributed by atoms with van der Waals surface area (Å²) in [5.74, 6) is 2.00. The van der Waals surface area contributed by atoms with E-state index in [4.69, 9.17) is 9.72 Å². The van der Waals surface area contributed by atoms with Crippen LogP contribution in [0.5, 0.6) is 11.5 Å². The summed E-state index contributed by atoms with van der Waals surface area (Å²) in [6, 6.07) is 92.4. The molecule has 14 rings (SSSR count). The third-order valence-electron chi connectivity index (χ3n) is 15.8. The van der Waals surface area contributed by atoms with Gasteiger partial charge in [-0.1, -0.05) is 196 Å². The van der Waals surface area contributed by atoms with Crippen LogP contribution >= 0.6 is 0 Å². The third kappa shape index (κ3) is 8.15. The van der Waals surface area contributed by atoms with Crippen molar-refractivity contribution in [2.45, 2.75) is 38.5 Å². The zero-order valence-electron chi connectivity index (χ0n) is 43.7. The summed E-state index contributed by atoms with van der Waals surface area (Å²) >= 11 is 0. The maximum absolute atomic E-state index is 7.18. The number of fused-ring (bicyclic) bond motifs is 7. The molecule has 6 heteroatoms. The number of rotatable bonds is 9. The molecule has 0 saturated carbocycles. The molecule has 2 aromatic heterocycles. The minimum absolute atomic E-state index is 0. The Bertz CT molecular complexity index is 4130. The Hall–Kier alpha value is -8.76. The molecule has 0 unspecified atom stereocenters. The summed E-state index contributed by atoms with van der Waals surface area (Å²) in [6.07, 6.45) is 1.91. The van der Waals surface area contributed by atoms with Crippen LogP contribution in [0.15, 0.2) is 243 Å². The molecular formula is C72H53N4OPt-3. The van der Waals surface area contributed by atoms with E-state index in [1.165, 1.54) is 27.8 Å². The molecule has 0 bridgehead atoms. The Labute approximate surface area is 471 Å². The molecule has 0 amide bonds. The van der Waals surface area contributed by atoms with Crippen LogP contribution in [-0.4, -0.2) is 9.55 Å². The number of anilines is 4. The maximum Gasteiger partial charge on any atom is 0.135 e. The molecule has 0 atom stereocenters. The van der Waals surface area contributed by atoms with Gasteiger partial charge < -0.3 is 19.1 Å². The van der Waals surface area contributed by atoms with Crippen molar-refractivity contribution in [3.05, 3.63) is 284 Å². The van der Waals surface area contributed by atoms with Crippen LogP contribution in [0.2, 0.25) is 0 Å². The Morgan fingerprint density at radius 2 is 1.05 bits per heavy atom. The Morgan fingerprint density at radius 3 is 1.69 bits per heavy atom. The zero-order valence-corrected chi connectivity index (χ0v) is 46.0. The van der Waals surface area contributed by atoms with Gasteiger partial charge in [0.15, 0.2) is 0 Å². The molecule has 0 fully saturated rings. The van der Waals surface area contributed by atoms with Crippen molar-refractivity contribution in [3.8, 4) is 61.8 Å². The van der Waals surface area contributed by atoms with Gasteiger partial charge in [0.25, 0.3) is 0 Å². The molecule has 12 aromatic rings. The fourth-order valence-corrected chi connectivity index (χ4v) is 11.9. The average Bonchev–Trinajstić information content (AvgIpc) is 4.19. The van der Waals surface area contributed by atoms with Crippen LogP contribution < -0.4 is 14.5 Å². The molecule has 0 spiro atoms. The van der Waals surface area contributed by atoms with Gasteiger partial charge in [-0.15, -0.1) is 53.6 Å². The fraction of sp³-hybridized carbons (Fsp3) is 0.0833. The van der Waals surface area contributed by atoms with E-state index >= 15 is 0 Å². The van der Waals surface area contributed by atoms with E-state index in [9.17, 15) is 0 Å². The van der Waals surface area contributed by atoms with Gasteiger partial charge in [-0.3, -0.25) is 0 Å². The van der Waals surface area contributed by atoms with E-state index in [1.807, 2.05) is 12.3 Å². The predicted molar refractivity (Wildman–Crippen MR) is 317 cm³/mol. The number of ether oxygens (including phenoxy) is 1. The van der Waals surface area contributed by atoms with E-state index in [0.29, 0.717) is 11.5 Å². The molecule has 3 heterocycles. The molecule has 78 heavy (non-hydrogen) atoms. The van der Waals surface area contributed by atoms with Gasteiger partial charge >= 0.3 is 0 Å². The van der Waals surface area contributed by atoms with Crippen molar-refractivity contribution in [1.82, 2.24) is 9.55 Å². The Balaban J connectivity index is 0.00000579. The van der Waals surface area contributed by atoms with E-state index in [-0.39, 0.29) is 26.5 Å². The first kappa shape index (κ1) is 48.9. The van der Waals surface area contributed by atoms with Crippen molar-refractivity contribution in [2.75, 3.05) is 9.80 Å². The van der Waals surface area contributed by atoms with Crippen LogP contribution in [-0.2, 0) is 31.9 Å². The largest absolute Gasteiger partial charge is 0.509 e. The van der Waals surface area contributed by atoms with Crippen molar-refractivity contribution in [2.24, 2.45) is 0 Å². The molecule has 1 aliphatic carbocycles. The predicted octanol–water partition coefficient (Wildman–Crippen LogP) is 18.6. The SMILES string of the molecule is CC(C)(C)c1ccnc(-n2c3[c-]c(Oc4[c-]c(N5[CH-]N(c6c(-c7ccccc7)cc(-c7ccccc7)cc6-c6ccccc6)c6ccccc65)cc(C5(C)c6ccccc6-c6ccccc65)c4)ccc3c3ccccc32)c1.[Pt]. The molecule has 0 N–H and O–H groups in total. The fourth-order valence-electron chi connectivity index (χ4n) is 11.9. The van der Waals surface area contributed by atoms with Crippen molar-refractivity contribution >= 4 is 44.6 Å². The first-order valence-electron chi connectivity index (χ1n) is 26.4. The topological polar surface area (TPSA) is 33.5 Å². The number of hydrogen-bond donors (Lipinski definition) is 0. The molecule has 0 radical (unpaired) electrons. The quantitative estimate of drug-likeness (QED) is 0.135. The monoisotopic (exact) mass is 1180 g/mol. The van der Waals surface area contributed by atoms with Crippen LogP contribution in [0, 0.1) is 18.8 Å². The van der Waals surface area contributed by atoms with E-state index < -0.39 is 5.41 Å². The van der Waals surface area contributed by atoms with Crippen molar-refractivity contribution < 1.29 is 25.8 Å². The molecular weight excluding hydrogens is 1130 g/mol. The second-order valence-electron chi connectivity index (χ2n) is 21.4. The molecule has 0 saturated heterocycles. The van der Waals surface area contributed by atoms with Crippen LogP contribution in [0.3, 0.4) is 0 Å².